The zero-order chi connectivity index (χ0) is 22.1. The van der Waals surface area contributed by atoms with Crippen molar-refractivity contribution in [2.45, 2.75) is 25.2 Å². The number of amides is 1. The Morgan fingerprint density at radius 1 is 1.00 bits per heavy atom. The number of para-hydroxylation sites is 1. The van der Waals surface area contributed by atoms with Crippen LogP contribution in [0.15, 0.2) is 30.3 Å². The lowest BCUT2D eigenvalue weighted by atomic mass is 9.93. The second-order valence-corrected chi connectivity index (χ2v) is 8.83. The Bertz CT molecular complexity index is 979. The Morgan fingerprint density at radius 2 is 1.72 bits per heavy atom. The van der Waals surface area contributed by atoms with Crippen LogP contribution >= 0.6 is 0 Å². The van der Waals surface area contributed by atoms with Crippen LogP contribution in [0.3, 0.4) is 0 Å². The average molecular weight is 438 g/mol. The van der Waals surface area contributed by atoms with Crippen LogP contribution in [0.2, 0.25) is 0 Å². The maximum atomic E-state index is 13.5. The predicted octanol–water partition coefficient (Wildman–Crippen LogP) is 2.01. The fraction of sp³-hybridized carbons (Fsp3) is 0.542. The van der Waals surface area contributed by atoms with Gasteiger partial charge in [0.15, 0.2) is 0 Å². The van der Waals surface area contributed by atoms with E-state index < -0.39 is 5.41 Å². The molecule has 8 nitrogen and oxygen atoms in total. The van der Waals surface area contributed by atoms with Crippen LogP contribution in [-0.2, 0) is 14.9 Å². The van der Waals surface area contributed by atoms with Gasteiger partial charge in [-0.15, -0.1) is 0 Å². The van der Waals surface area contributed by atoms with Gasteiger partial charge in [-0.3, -0.25) is 4.79 Å². The standard InChI is InChI=1S/C24H31N5O3/c1-18-17-21(26-23(25-18)29-13-15-32-16-14-29)27-9-11-28(12-10-27)22(30)24(7-8-24)19-5-3-4-6-20(19)31-2/h3-6,17H,7-16H2,1-2H3. The minimum absolute atomic E-state index is 0.231. The van der Waals surface area contributed by atoms with Gasteiger partial charge < -0.3 is 24.2 Å². The molecule has 0 bridgehead atoms. The van der Waals surface area contributed by atoms with E-state index >= 15 is 0 Å². The fourth-order valence-corrected chi connectivity index (χ4v) is 4.81. The van der Waals surface area contributed by atoms with E-state index in [1.165, 1.54) is 0 Å². The lowest BCUT2D eigenvalue weighted by molar-refractivity contribution is -0.134. The molecule has 1 aliphatic carbocycles. The van der Waals surface area contributed by atoms with Crippen molar-refractivity contribution < 1.29 is 14.3 Å². The molecule has 3 aliphatic rings. The minimum Gasteiger partial charge on any atom is -0.496 e. The third-order valence-electron chi connectivity index (χ3n) is 6.80. The molecule has 5 rings (SSSR count). The summed E-state index contributed by atoms with van der Waals surface area (Å²) in [5.41, 5.74) is 1.57. The Hall–Kier alpha value is -2.87. The molecule has 0 N–H and O–H groups in total. The van der Waals surface area contributed by atoms with E-state index in [9.17, 15) is 4.79 Å². The number of carbonyl (C=O) groups is 1. The Labute approximate surface area is 189 Å². The van der Waals surface area contributed by atoms with Gasteiger partial charge in [0.1, 0.15) is 11.6 Å². The van der Waals surface area contributed by atoms with Crippen LogP contribution < -0.4 is 14.5 Å². The van der Waals surface area contributed by atoms with Crippen molar-refractivity contribution in [3.63, 3.8) is 0 Å². The number of nitrogens with zero attached hydrogens (tertiary/aromatic N) is 5. The second-order valence-electron chi connectivity index (χ2n) is 8.83. The monoisotopic (exact) mass is 437 g/mol. The van der Waals surface area contributed by atoms with Gasteiger partial charge in [-0.05, 0) is 25.8 Å². The molecule has 1 aromatic carbocycles. The number of morpholine rings is 1. The molecular weight excluding hydrogens is 406 g/mol. The Morgan fingerprint density at radius 3 is 2.41 bits per heavy atom. The molecule has 8 heteroatoms. The lowest BCUT2D eigenvalue weighted by Crippen LogP contribution is -2.52. The highest BCUT2D eigenvalue weighted by Crippen LogP contribution is 2.52. The largest absolute Gasteiger partial charge is 0.496 e. The first kappa shape index (κ1) is 21.0. The van der Waals surface area contributed by atoms with Gasteiger partial charge in [0, 0.05) is 56.6 Å². The zero-order valence-electron chi connectivity index (χ0n) is 18.9. The minimum atomic E-state index is -0.413. The molecule has 170 valence electrons. The number of aryl methyl sites for hydroxylation is 1. The van der Waals surface area contributed by atoms with Crippen molar-refractivity contribution in [2.24, 2.45) is 0 Å². The number of ether oxygens (including phenoxy) is 2. The fourth-order valence-electron chi connectivity index (χ4n) is 4.81. The van der Waals surface area contributed by atoms with E-state index in [0.717, 1.165) is 67.8 Å². The van der Waals surface area contributed by atoms with Gasteiger partial charge in [0.2, 0.25) is 11.9 Å². The summed E-state index contributed by atoms with van der Waals surface area (Å²) < 4.78 is 11.0. The summed E-state index contributed by atoms with van der Waals surface area (Å²) >= 11 is 0. The molecule has 1 aromatic heterocycles. The van der Waals surface area contributed by atoms with E-state index in [2.05, 4.69) is 14.8 Å². The molecule has 2 aliphatic heterocycles. The van der Waals surface area contributed by atoms with E-state index in [0.29, 0.717) is 26.3 Å². The van der Waals surface area contributed by atoms with Gasteiger partial charge in [0.25, 0.3) is 0 Å². The summed E-state index contributed by atoms with van der Waals surface area (Å²) in [5.74, 6) is 2.76. The predicted molar refractivity (Wildman–Crippen MR) is 123 cm³/mol. The number of hydrogen-bond donors (Lipinski definition) is 0. The molecular formula is C24H31N5O3. The SMILES string of the molecule is COc1ccccc1C1(C(=O)N2CCN(c3cc(C)nc(N4CCOCC4)n3)CC2)CC1. The number of anilines is 2. The van der Waals surface area contributed by atoms with Crippen molar-refractivity contribution in [3.8, 4) is 5.75 Å². The zero-order valence-corrected chi connectivity index (χ0v) is 18.9. The number of carbonyl (C=O) groups excluding carboxylic acids is 1. The highest BCUT2D eigenvalue weighted by Gasteiger charge is 2.54. The van der Waals surface area contributed by atoms with Crippen molar-refractivity contribution in [1.82, 2.24) is 14.9 Å². The molecule has 3 fully saturated rings. The molecule has 0 atom stereocenters. The maximum absolute atomic E-state index is 13.5. The van der Waals surface area contributed by atoms with Crippen molar-refractivity contribution in [1.29, 1.82) is 0 Å². The van der Waals surface area contributed by atoms with E-state index in [4.69, 9.17) is 14.5 Å². The molecule has 32 heavy (non-hydrogen) atoms. The quantitative estimate of drug-likeness (QED) is 0.709. The second kappa shape index (κ2) is 8.58. The van der Waals surface area contributed by atoms with Crippen molar-refractivity contribution in [3.05, 3.63) is 41.6 Å². The summed E-state index contributed by atoms with van der Waals surface area (Å²) in [7, 11) is 1.67. The van der Waals surface area contributed by atoms with Gasteiger partial charge in [-0.1, -0.05) is 18.2 Å². The molecule has 0 radical (unpaired) electrons. The molecule has 0 spiro atoms. The maximum Gasteiger partial charge on any atom is 0.233 e. The first-order chi connectivity index (χ1) is 15.6. The van der Waals surface area contributed by atoms with E-state index in [1.54, 1.807) is 7.11 Å². The van der Waals surface area contributed by atoms with Crippen LogP contribution in [-0.4, -0.2) is 80.4 Å². The first-order valence-corrected chi connectivity index (χ1v) is 11.5. The lowest BCUT2D eigenvalue weighted by Gasteiger charge is -2.38. The molecule has 0 unspecified atom stereocenters. The summed E-state index contributed by atoms with van der Waals surface area (Å²) in [6.07, 6.45) is 1.78. The molecule has 3 heterocycles. The Kier molecular flexibility index (Phi) is 5.63. The average Bonchev–Trinajstić information content (AvgIpc) is 3.66. The smallest absolute Gasteiger partial charge is 0.233 e. The van der Waals surface area contributed by atoms with Crippen molar-refractivity contribution >= 4 is 17.7 Å². The summed E-state index contributed by atoms with van der Waals surface area (Å²) in [4.78, 5) is 29.5. The Balaban J connectivity index is 1.27. The van der Waals surface area contributed by atoms with Crippen LogP contribution in [0, 0.1) is 6.92 Å². The summed E-state index contributed by atoms with van der Waals surface area (Å²) in [5, 5.41) is 0. The van der Waals surface area contributed by atoms with Crippen molar-refractivity contribution in [2.75, 3.05) is 69.4 Å². The highest BCUT2D eigenvalue weighted by atomic mass is 16.5. The van der Waals surface area contributed by atoms with Crippen LogP contribution in [0.4, 0.5) is 11.8 Å². The van der Waals surface area contributed by atoms with Gasteiger partial charge >= 0.3 is 0 Å². The number of hydrogen-bond acceptors (Lipinski definition) is 7. The number of piperazine rings is 1. The van der Waals surface area contributed by atoms with Crippen LogP contribution in [0.25, 0.3) is 0 Å². The molecule has 1 saturated carbocycles. The van der Waals surface area contributed by atoms with Crippen LogP contribution in [0.5, 0.6) is 5.75 Å². The van der Waals surface area contributed by atoms with Crippen LogP contribution in [0.1, 0.15) is 24.1 Å². The van der Waals surface area contributed by atoms with Gasteiger partial charge in [-0.25, -0.2) is 4.98 Å². The topological polar surface area (TPSA) is 71.0 Å². The highest BCUT2D eigenvalue weighted by molar-refractivity contribution is 5.92. The van der Waals surface area contributed by atoms with E-state index in [-0.39, 0.29) is 5.91 Å². The van der Waals surface area contributed by atoms with Gasteiger partial charge in [-0.2, -0.15) is 4.98 Å². The normalized spacial score (nSPS) is 20.2. The third kappa shape index (κ3) is 3.88. The summed E-state index contributed by atoms with van der Waals surface area (Å²) in [6.45, 7) is 8.00. The molecule has 2 aromatic rings. The molecule has 1 amide bonds. The molecule has 2 saturated heterocycles. The number of benzene rings is 1. The number of rotatable bonds is 5. The summed E-state index contributed by atoms with van der Waals surface area (Å²) in [6, 6.07) is 9.97. The van der Waals surface area contributed by atoms with E-state index in [1.807, 2.05) is 42.2 Å². The number of aromatic nitrogens is 2. The first-order valence-electron chi connectivity index (χ1n) is 11.5. The number of methoxy groups -OCH3 is 1. The third-order valence-corrected chi connectivity index (χ3v) is 6.80. The van der Waals surface area contributed by atoms with Gasteiger partial charge in [0.05, 0.1) is 25.7 Å².